The number of carboxylic acid groups (broad SMARTS) is 1. The lowest BCUT2D eigenvalue weighted by atomic mass is 9.84. The van der Waals surface area contributed by atoms with E-state index in [-0.39, 0.29) is 18.9 Å². The monoisotopic (exact) mass is 803 g/mol. The van der Waals surface area contributed by atoms with E-state index < -0.39 is 97.1 Å². The topological polar surface area (TPSA) is 200 Å². The summed E-state index contributed by atoms with van der Waals surface area (Å²) in [4.78, 5) is 92.5. The third-order valence-corrected chi connectivity index (χ3v) is 10.1. The molecule has 58 heavy (non-hydrogen) atoms. The number of hydrogen-bond donors (Lipinski definition) is 6. The van der Waals surface area contributed by atoms with Gasteiger partial charge in [-0.3, -0.25) is 33.6 Å². The fourth-order valence-corrected chi connectivity index (χ4v) is 7.18. The summed E-state index contributed by atoms with van der Waals surface area (Å²) in [5, 5.41) is 22.1. The second-order valence-corrected chi connectivity index (χ2v) is 14.5. The zero-order valence-corrected chi connectivity index (χ0v) is 32.3. The number of amides is 5. The summed E-state index contributed by atoms with van der Waals surface area (Å²) in [7, 11) is 0. The highest BCUT2D eigenvalue weighted by atomic mass is 19.3. The normalized spacial score (nSPS) is 15.0. The molecule has 1 fully saturated rings. The van der Waals surface area contributed by atoms with Crippen LogP contribution in [0, 0.1) is 5.92 Å². The summed E-state index contributed by atoms with van der Waals surface area (Å²) in [5.41, 5.74) is 1.98. The molecule has 5 amide bonds. The maximum absolute atomic E-state index is 14.2. The van der Waals surface area contributed by atoms with Crippen LogP contribution in [0.5, 0.6) is 0 Å². The summed E-state index contributed by atoms with van der Waals surface area (Å²) in [5.74, 6) is -7.86. The first kappa shape index (κ1) is 44.7. The van der Waals surface area contributed by atoms with Gasteiger partial charge in [-0.2, -0.15) is 0 Å². The molecule has 0 aromatic heterocycles. The largest absolute Gasteiger partial charge is 0.481 e. The Bertz CT molecular complexity index is 1810. The number of rotatable bonds is 21. The van der Waals surface area contributed by atoms with Crippen molar-refractivity contribution in [2.75, 3.05) is 0 Å². The Balaban J connectivity index is 1.60. The van der Waals surface area contributed by atoms with Crippen LogP contribution in [-0.2, 0) is 40.1 Å². The molecule has 0 bridgehead atoms. The quantitative estimate of drug-likeness (QED) is 0.0863. The number of carbonyl (C=O) groups is 7. The van der Waals surface area contributed by atoms with E-state index in [0.29, 0.717) is 29.5 Å². The predicted molar refractivity (Wildman–Crippen MR) is 210 cm³/mol. The average molecular weight is 804 g/mol. The number of alkyl halides is 2. The summed E-state index contributed by atoms with van der Waals surface area (Å²) in [6, 6.07) is 20.2. The summed E-state index contributed by atoms with van der Waals surface area (Å²) < 4.78 is 27.5. The maximum Gasteiger partial charge on any atom is 0.303 e. The molecule has 0 heterocycles. The fraction of sp³-hybridized carbons (Fsp3) is 0.419. The van der Waals surface area contributed by atoms with Crippen molar-refractivity contribution in [3.8, 4) is 0 Å². The Kier molecular flexibility index (Phi) is 17.5. The number of Topliss-reactive ketones (excluding diaryl/α,β-unsaturated/α-hetero) is 1. The zero-order chi connectivity index (χ0) is 42.0. The molecule has 1 aliphatic rings. The smallest absolute Gasteiger partial charge is 0.303 e. The lowest BCUT2D eigenvalue weighted by Gasteiger charge is -2.31. The minimum absolute atomic E-state index is 0.0472. The van der Waals surface area contributed by atoms with Gasteiger partial charge in [-0.15, -0.1) is 0 Å². The van der Waals surface area contributed by atoms with Crippen molar-refractivity contribution in [2.45, 2.75) is 108 Å². The number of carbonyl (C=O) groups excluding carboxylic acids is 6. The minimum Gasteiger partial charge on any atom is -0.481 e. The summed E-state index contributed by atoms with van der Waals surface area (Å²) in [6.07, 6.45) is -1.08. The molecule has 15 heteroatoms. The third kappa shape index (κ3) is 14.2. The van der Waals surface area contributed by atoms with Crippen LogP contribution >= 0.6 is 0 Å². The first-order chi connectivity index (χ1) is 27.8. The van der Waals surface area contributed by atoms with Crippen LogP contribution in [0.25, 0.3) is 0 Å². The highest BCUT2D eigenvalue weighted by Gasteiger charge is 2.37. The molecule has 1 aliphatic carbocycles. The van der Waals surface area contributed by atoms with Gasteiger partial charge in [0.2, 0.25) is 35.8 Å². The molecule has 13 nitrogen and oxygen atoms in total. The Morgan fingerprint density at radius 1 is 0.672 bits per heavy atom. The van der Waals surface area contributed by atoms with Gasteiger partial charge in [-0.05, 0) is 35.4 Å². The van der Waals surface area contributed by atoms with E-state index in [2.05, 4.69) is 26.6 Å². The van der Waals surface area contributed by atoms with Gasteiger partial charge in [-0.25, -0.2) is 8.78 Å². The highest BCUT2D eigenvalue weighted by molar-refractivity contribution is 6.38. The molecular weight excluding hydrogens is 752 g/mol. The average Bonchev–Trinajstić information content (AvgIpc) is 3.21. The summed E-state index contributed by atoms with van der Waals surface area (Å²) >= 11 is 0. The number of hydrogen-bond acceptors (Lipinski definition) is 7. The molecule has 4 rings (SSSR count). The van der Waals surface area contributed by atoms with Crippen LogP contribution < -0.4 is 26.6 Å². The SMILES string of the molecule is CC(=O)NC(C(=O)NC(CCC(=O)O)C(=O)NC(CC1CCCCC1)C(=O)NC(CC(F)F)C(=O)C(=O)NCc1ccccc1)C(c1ccccc1)c1ccccc1. The van der Waals surface area contributed by atoms with E-state index in [9.17, 15) is 47.4 Å². The van der Waals surface area contributed by atoms with E-state index in [4.69, 9.17) is 0 Å². The van der Waals surface area contributed by atoms with Crippen molar-refractivity contribution >= 4 is 41.3 Å². The van der Waals surface area contributed by atoms with Crippen LogP contribution in [0.3, 0.4) is 0 Å². The van der Waals surface area contributed by atoms with Crippen molar-refractivity contribution in [1.29, 1.82) is 0 Å². The number of carboxylic acids is 1. The lowest BCUT2D eigenvalue weighted by Crippen LogP contribution is -2.59. The van der Waals surface area contributed by atoms with Crippen LogP contribution in [0.2, 0.25) is 0 Å². The van der Waals surface area contributed by atoms with Crippen LogP contribution in [-0.4, -0.2) is 77.0 Å². The van der Waals surface area contributed by atoms with Crippen molar-refractivity contribution in [1.82, 2.24) is 26.6 Å². The van der Waals surface area contributed by atoms with Crippen molar-refractivity contribution in [2.24, 2.45) is 5.92 Å². The van der Waals surface area contributed by atoms with Crippen molar-refractivity contribution in [3.05, 3.63) is 108 Å². The zero-order valence-electron chi connectivity index (χ0n) is 32.3. The molecule has 4 unspecified atom stereocenters. The van der Waals surface area contributed by atoms with Crippen LogP contribution in [0.15, 0.2) is 91.0 Å². The van der Waals surface area contributed by atoms with Crippen LogP contribution in [0.1, 0.15) is 87.3 Å². The molecule has 0 spiro atoms. The minimum atomic E-state index is -3.08. The number of benzene rings is 3. The fourth-order valence-electron chi connectivity index (χ4n) is 7.18. The summed E-state index contributed by atoms with van der Waals surface area (Å²) in [6.45, 7) is 1.17. The highest BCUT2D eigenvalue weighted by Crippen LogP contribution is 2.30. The van der Waals surface area contributed by atoms with Gasteiger partial charge in [-0.1, -0.05) is 123 Å². The Hall–Kier alpha value is -5.99. The number of halogens is 2. The Morgan fingerprint density at radius 3 is 1.72 bits per heavy atom. The predicted octanol–water partition coefficient (Wildman–Crippen LogP) is 4.15. The molecule has 4 atom stereocenters. The van der Waals surface area contributed by atoms with E-state index in [1.165, 1.54) is 6.92 Å². The van der Waals surface area contributed by atoms with Gasteiger partial charge in [0.1, 0.15) is 24.2 Å². The number of ketones is 1. The second-order valence-electron chi connectivity index (χ2n) is 14.5. The molecular formula is C43H51F2N5O8. The lowest BCUT2D eigenvalue weighted by molar-refractivity contribution is -0.141. The van der Waals surface area contributed by atoms with E-state index in [1.807, 2.05) is 0 Å². The first-order valence-corrected chi connectivity index (χ1v) is 19.5. The molecule has 1 saturated carbocycles. The number of nitrogens with one attached hydrogen (secondary N) is 5. The first-order valence-electron chi connectivity index (χ1n) is 19.5. The van der Waals surface area contributed by atoms with Gasteiger partial charge in [0.25, 0.3) is 5.91 Å². The molecule has 0 saturated heterocycles. The molecule has 6 N–H and O–H groups in total. The van der Waals surface area contributed by atoms with E-state index >= 15 is 0 Å². The van der Waals surface area contributed by atoms with Gasteiger partial charge in [0, 0.05) is 32.2 Å². The van der Waals surface area contributed by atoms with Crippen LogP contribution in [0.4, 0.5) is 8.78 Å². The molecule has 0 aliphatic heterocycles. The van der Waals surface area contributed by atoms with Gasteiger partial charge >= 0.3 is 5.97 Å². The Labute approximate surface area is 336 Å². The number of aliphatic carboxylic acids is 1. The van der Waals surface area contributed by atoms with E-state index in [0.717, 1.165) is 19.3 Å². The third-order valence-electron chi connectivity index (χ3n) is 10.1. The van der Waals surface area contributed by atoms with E-state index in [1.54, 1.807) is 91.0 Å². The van der Waals surface area contributed by atoms with Crippen molar-refractivity contribution in [3.63, 3.8) is 0 Å². The standard InChI is InChI=1S/C43H51F2N5O8/c1-27(51)47-38(37(30-18-10-4-11-19-30)31-20-12-5-13-21-31)42(57)48-32(22-23-36(52)53)40(55)50-34(24-28-14-6-2-7-15-28)41(56)49-33(25-35(44)45)39(54)43(58)46-26-29-16-8-3-9-17-29/h3-5,8-13,16-21,28,32-35,37-38H,2,6-7,14-15,22-26H2,1H3,(H,46,58)(H,47,51)(H,48,57)(H,49,56)(H,50,55)(H,52,53). The molecule has 3 aromatic carbocycles. The maximum atomic E-state index is 14.2. The van der Waals surface area contributed by atoms with Gasteiger partial charge in [0.15, 0.2) is 0 Å². The molecule has 0 radical (unpaired) electrons. The molecule has 310 valence electrons. The van der Waals surface area contributed by atoms with Gasteiger partial charge in [0.05, 0.1) is 0 Å². The van der Waals surface area contributed by atoms with Crippen molar-refractivity contribution < 1.29 is 47.4 Å². The van der Waals surface area contributed by atoms with Gasteiger partial charge < -0.3 is 31.7 Å². The molecule has 3 aromatic rings. The Morgan fingerprint density at radius 2 is 1.19 bits per heavy atom. The second kappa shape index (κ2) is 22.7.